The van der Waals surface area contributed by atoms with E-state index in [1.807, 2.05) is 56.3 Å². The Kier molecular flexibility index (Phi) is 12.6. The van der Waals surface area contributed by atoms with Crippen LogP contribution in [0.25, 0.3) is 10.1 Å². The van der Waals surface area contributed by atoms with Crippen LogP contribution in [0, 0.1) is 5.92 Å². The highest BCUT2D eigenvalue weighted by atomic mass is 32.1. The van der Waals surface area contributed by atoms with Crippen LogP contribution in [0.2, 0.25) is 0 Å². The van der Waals surface area contributed by atoms with Crippen LogP contribution in [0.4, 0.5) is 10.5 Å². The summed E-state index contributed by atoms with van der Waals surface area (Å²) in [6.45, 7) is 7.13. The van der Waals surface area contributed by atoms with Gasteiger partial charge in [-0.15, -0.1) is 11.3 Å². The van der Waals surface area contributed by atoms with Crippen LogP contribution in [0.1, 0.15) is 45.9 Å². The van der Waals surface area contributed by atoms with Gasteiger partial charge in [-0.05, 0) is 36.2 Å². The van der Waals surface area contributed by atoms with Crippen LogP contribution in [-0.2, 0) is 49.5 Å². The Morgan fingerprint density at radius 3 is 2.22 bits per heavy atom. The zero-order valence-electron chi connectivity index (χ0n) is 28.6. The molecule has 4 rings (SSSR count). The van der Waals surface area contributed by atoms with Crippen LogP contribution in [0.15, 0.2) is 54.6 Å². The van der Waals surface area contributed by atoms with Gasteiger partial charge in [-0.1, -0.05) is 38.1 Å². The monoisotopic (exact) mass is 698 g/mol. The van der Waals surface area contributed by atoms with Gasteiger partial charge in [0, 0.05) is 55.5 Å². The molecule has 1 saturated heterocycles. The van der Waals surface area contributed by atoms with Gasteiger partial charge in [0.1, 0.15) is 37.2 Å². The topological polar surface area (TPSA) is 147 Å². The molecule has 2 heterocycles. The predicted molar refractivity (Wildman–Crippen MR) is 180 cm³/mol. The molecule has 0 bridgehead atoms. The van der Waals surface area contributed by atoms with Crippen LogP contribution in [0.5, 0.6) is 5.75 Å². The summed E-state index contributed by atoms with van der Waals surface area (Å²) in [5.41, 5.74) is 0.716. The molecule has 0 saturated carbocycles. The number of hydrogen-bond donors (Lipinski definition) is 0. The van der Waals surface area contributed by atoms with Crippen molar-refractivity contribution in [1.82, 2.24) is 4.90 Å². The molecule has 49 heavy (non-hydrogen) atoms. The Morgan fingerprint density at radius 1 is 0.898 bits per heavy atom. The van der Waals surface area contributed by atoms with Crippen molar-refractivity contribution in [3.05, 3.63) is 59.5 Å². The number of anilines is 1. The summed E-state index contributed by atoms with van der Waals surface area (Å²) in [4.78, 5) is 65.5. The predicted octanol–water partition coefficient (Wildman–Crippen LogP) is 5.08. The second-order valence-electron chi connectivity index (χ2n) is 11.9. The van der Waals surface area contributed by atoms with Gasteiger partial charge in [-0.25, -0.2) is 4.79 Å². The molecule has 0 N–H and O–H groups in total. The Balaban J connectivity index is 1.47. The number of carbonyl (C=O) groups is 5. The number of esters is 3. The van der Waals surface area contributed by atoms with E-state index in [2.05, 4.69) is 0 Å². The van der Waals surface area contributed by atoms with Gasteiger partial charge in [-0.2, -0.15) is 0 Å². The third kappa shape index (κ3) is 9.70. The third-order valence-electron chi connectivity index (χ3n) is 7.79. The van der Waals surface area contributed by atoms with Crippen molar-refractivity contribution in [3.8, 4) is 5.75 Å². The summed E-state index contributed by atoms with van der Waals surface area (Å²) in [5.74, 6) is -1.75. The lowest BCUT2D eigenvalue weighted by Gasteiger charge is -2.39. The summed E-state index contributed by atoms with van der Waals surface area (Å²) in [6.07, 6.45) is -4.50. The van der Waals surface area contributed by atoms with E-state index < -0.39 is 54.6 Å². The van der Waals surface area contributed by atoms with Crippen molar-refractivity contribution in [3.63, 3.8) is 0 Å². The summed E-state index contributed by atoms with van der Waals surface area (Å²) < 4.78 is 34.8. The van der Waals surface area contributed by atoms with E-state index in [-0.39, 0.29) is 31.5 Å². The number of thiophene rings is 1. The van der Waals surface area contributed by atoms with E-state index in [0.29, 0.717) is 11.4 Å². The van der Waals surface area contributed by atoms with Gasteiger partial charge in [0.25, 0.3) is 0 Å². The molecule has 1 aromatic heterocycles. The largest absolute Gasteiger partial charge is 0.464 e. The molecule has 1 aliphatic rings. The molecular weight excluding hydrogens is 656 g/mol. The van der Waals surface area contributed by atoms with Crippen LogP contribution in [0.3, 0.4) is 0 Å². The fourth-order valence-corrected chi connectivity index (χ4v) is 6.59. The third-order valence-corrected chi connectivity index (χ3v) is 8.86. The first-order chi connectivity index (χ1) is 23.2. The highest BCUT2D eigenvalue weighted by molar-refractivity contribution is 7.19. The SMILES string of the molecule is CC(=O)OCC1OC(Oc2cccc3sc(COC(=O)N(C)C(C(=O)N(C)c4ccccc4)C(C)C)cc23)CC(OC(C)=O)C1OC(C)=O. The van der Waals surface area contributed by atoms with Gasteiger partial charge < -0.3 is 33.3 Å². The normalized spacial score (nSPS) is 19.4. The summed E-state index contributed by atoms with van der Waals surface area (Å²) in [6, 6.07) is 15.7. The van der Waals surface area contributed by atoms with Crippen molar-refractivity contribution in [2.24, 2.45) is 5.92 Å². The van der Waals surface area contributed by atoms with Crippen molar-refractivity contribution in [1.29, 1.82) is 0 Å². The standard InChI is InChI=1S/C35H42N2O11S/c1-20(2)32(34(41)36(6)24-12-9-8-10-13-24)37(7)35(42)44-18-25-16-26-27(14-11-15-30(26)49-25)47-31-17-28(45-22(4)39)33(46-23(5)40)29(48-31)19-43-21(3)38/h8-16,20,28-29,31-33H,17-19H2,1-7H3. The van der Waals surface area contributed by atoms with Crippen LogP contribution < -0.4 is 9.64 Å². The molecule has 3 aromatic rings. The minimum atomic E-state index is -1.03. The lowest BCUT2D eigenvalue weighted by Crippen LogP contribution is -2.54. The number of fused-ring (bicyclic) bond motifs is 1. The lowest BCUT2D eigenvalue weighted by molar-refractivity contribution is -0.245. The maximum absolute atomic E-state index is 13.4. The van der Waals surface area contributed by atoms with Crippen molar-refractivity contribution in [2.75, 3.05) is 25.6 Å². The second kappa shape index (κ2) is 16.6. The number of carbonyl (C=O) groups excluding carboxylic acids is 5. The molecule has 14 heteroatoms. The van der Waals surface area contributed by atoms with E-state index >= 15 is 0 Å². The molecule has 13 nitrogen and oxygen atoms in total. The van der Waals surface area contributed by atoms with Gasteiger partial charge in [-0.3, -0.25) is 24.1 Å². The Morgan fingerprint density at radius 2 is 1.59 bits per heavy atom. The molecule has 2 amide bonds. The molecule has 2 aromatic carbocycles. The zero-order chi connectivity index (χ0) is 35.8. The molecule has 0 aliphatic carbocycles. The maximum atomic E-state index is 13.4. The van der Waals surface area contributed by atoms with Crippen LogP contribution in [-0.4, -0.2) is 86.2 Å². The minimum absolute atomic E-state index is 0.0284. The molecule has 264 valence electrons. The number of benzene rings is 2. The summed E-state index contributed by atoms with van der Waals surface area (Å²) in [5, 5.41) is 0.720. The number of nitrogens with zero attached hydrogens (tertiary/aromatic N) is 2. The Labute approximate surface area is 288 Å². The minimum Gasteiger partial charge on any atom is -0.464 e. The van der Waals surface area contributed by atoms with Crippen molar-refractivity contribution >= 4 is 57.0 Å². The smallest absolute Gasteiger partial charge is 0.410 e. The van der Waals surface area contributed by atoms with Crippen LogP contribution >= 0.6 is 11.3 Å². The first kappa shape index (κ1) is 37.1. The molecule has 1 aliphatic heterocycles. The molecule has 0 spiro atoms. The second-order valence-corrected chi connectivity index (χ2v) is 13.1. The molecular formula is C35H42N2O11S. The number of rotatable bonds is 12. The quantitative estimate of drug-likeness (QED) is 0.184. The molecule has 0 radical (unpaired) electrons. The Hall–Kier alpha value is -4.69. The summed E-state index contributed by atoms with van der Waals surface area (Å²) >= 11 is 1.40. The maximum Gasteiger partial charge on any atom is 0.410 e. The summed E-state index contributed by atoms with van der Waals surface area (Å²) in [7, 11) is 3.23. The van der Waals surface area contributed by atoms with Gasteiger partial charge >= 0.3 is 24.0 Å². The molecule has 5 atom stereocenters. The zero-order valence-corrected chi connectivity index (χ0v) is 29.4. The van der Waals surface area contributed by atoms with E-state index in [1.165, 1.54) is 41.9 Å². The van der Waals surface area contributed by atoms with Crippen molar-refractivity contribution < 1.29 is 52.4 Å². The van der Waals surface area contributed by atoms with E-state index in [4.69, 9.17) is 28.4 Å². The first-order valence-electron chi connectivity index (χ1n) is 15.8. The van der Waals surface area contributed by atoms with E-state index in [0.717, 1.165) is 15.0 Å². The lowest BCUT2D eigenvalue weighted by atomic mass is 10.0. The number of hydrogen-bond acceptors (Lipinski definition) is 12. The van der Waals surface area contributed by atoms with Gasteiger partial charge in [0.2, 0.25) is 12.2 Å². The van der Waals surface area contributed by atoms with Gasteiger partial charge in [0.05, 0.1) is 6.42 Å². The van der Waals surface area contributed by atoms with Crippen molar-refractivity contribution in [2.45, 2.75) is 78.3 Å². The highest BCUT2D eigenvalue weighted by Gasteiger charge is 2.44. The highest BCUT2D eigenvalue weighted by Crippen LogP contribution is 2.36. The number of para-hydroxylation sites is 1. The molecule has 1 fully saturated rings. The fraction of sp³-hybridized carbons (Fsp3) is 0.457. The molecule has 5 unspecified atom stereocenters. The van der Waals surface area contributed by atoms with E-state index in [1.54, 1.807) is 26.2 Å². The van der Waals surface area contributed by atoms with E-state index in [9.17, 15) is 24.0 Å². The first-order valence-corrected chi connectivity index (χ1v) is 16.6. The number of likely N-dealkylation sites (N-methyl/N-ethyl adjacent to an activating group) is 2. The fourth-order valence-electron chi connectivity index (χ4n) is 5.60. The number of amides is 2. The Bertz CT molecular complexity index is 1640. The average Bonchev–Trinajstić information content (AvgIpc) is 3.47. The van der Waals surface area contributed by atoms with Gasteiger partial charge in [0.15, 0.2) is 6.10 Å². The average molecular weight is 699 g/mol. The number of ether oxygens (including phenoxy) is 6.